The molecule has 1 atom stereocenters. The molecule has 0 radical (unpaired) electrons. The Balaban J connectivity index is 2.02. The van der Waals surface area contributed by atoms with Gasteiger partial charge in [-0.05, 0) is 47.7 Å². The van der Waals surface area contributed by atoms with E-state index in [4.69, 9.17) is 14.2 Å². The molecule has 1 aromatic rings. The molecule has 0 spiro atoms. The average Bonchev–Trinajstić information content (AvgIpc) is 2.97. The summed E-state index contributed by atoms with van der Waals surface area (Å²) in [5.41, 5.74) is 4.87. The first kappa shape index (κ1) is 22.3. The summed E-state index contributed by atoms with van der Waals surface area (Å²) in [7, 11) is 4.75. The van der Waals surface area contributed by atoms with Crippen LogP contribution < -0.4 is 24.8 Å². The summed E-state index contributed by atoms with van der Waals surface area (Å²) >= 11 is 0. The first-order valence-electron chi connectivity index (χ1n) is 10.5. The van der Waals surface area contributed by atoms with Crippen LogP contribution in [0.25, 0.3) is 22.5 Å². The van der Waals surface area contributed by atoms with E-state index in [0.29, 0.717) is 41.5 Å². The van der Waals surface area contributed by atoms with Crippen LogP contribution in [0.3, 0.4) is 0 Å². The molecule has 9 heteroatoms. The van der Waals surface area contributed by atoms with Crippen LogP contribution in [0.4, 0.5) is 5.95 Å². The van der Waals surface area contributed by atoms with Crippen LogP contribution >= 0.6 is 0 Å². The fourth-order valence-corrected chi connectivity index (χ4v) is 4.36. The van der Waals surface area contributed by atoms with E-state index in [-0.39, 0.29) is 23.8 Å². The zero-order valence-corrected chi connectivity index (χ0v) is 19.2. The molecule has 0 saturated carbocycles. The van der Waals surface area contributed by atoms with Gasteiger partial charge in [-0.3, -0.25) is 14.9 Å². The van der Waals surface area contributed by atoms with Crippen molar-refractivity contribution < 1.29 is 23.8 Å². The number of ether oxygens (including phenoxy) is 3. The van der Waals surface area contributed by atoms with Gasteiger partial charge in [-0.1, -0.05) is 6.07 Å². The highest BCUT2D eigenvalue weighted by atomic mass is 16.5. The average molecular weight is 450 g/mol. The van der Waals surface area contributed by atoms with Gasteiger partial charge in [0.25, 0.3) is 0 Å². The molecular formula is C24H26N4O5. The molecular weight excluding hydrogens is 424 g/mol. The summed E-state index contributed by atoms with van der Waals surface area (Å²) in [6, 6.07) is 7.40. The Morgan fingerprint density at radius 1 is 0.939 bits per heavy atom. The van der Waals surface area contributed by atoms with Crippen molar-refractivity contribution in [1.29, 1.82) is 0 Å². The van der Waals surface area contributed by atoms with Crippen molar-refractivity contribution in [3.63, 3.8) is 0 Å². The number of amides is 2. The fourth-order valence-electron chi connectivity index (χ4n) is 4.36. The van der Waals surface area contributed by atoms with E-state index in [1.54, 1.807) is 21.3 Å². The summed E-state index contributed by atoms with van der Waals surface area (Å²) in [6.07, 6.45) is 1.35. The maximum absolute atomic E-state index is 12.0. The zero-order chi connectivity index (χ0) is 23.7. The second-order valence-corrected chi connectivity index (χ2v) is 7.82. The standard InChI is InChI=1S/C24H26N4O5/c1-12(29)25-17-8-6-14-10-20(31-3)22(32-4)23(33-5)21(14)15-7-9-18-19(11-16(15)17)28-24(27-18)26-13(2)30/h7,9-11,17H,6,8H2,1-5H3,(H,25,29)(H,26,27,28,30)/t17-/m0/s1. The van der Waals surface area contributed by atoms with E-state index in [2.05, 4.69) is 20.6 Å². The molecule has 0 bridgehead atoms. The number of imidazole rings is 1. The third-order valence-corrected chi connectivity index (χ3v) is 5.65. The summed E-state index contributed by atoms with van der Waals surface area (Å²) in [5.74, 6) is 1.50. The van der Waals surface area contributed by atoms with Crippen molar-refractivity contribution in [2.24, 2.45) is 0 Å². The molecule has 33 heavy (non-hydrogen) atoms. The van der Waals surface area contributed by atoms with Crippen molar-refractivity contribution in [2.75, 3.05) is 26.6 Å². The molecule has 2 aliphatic carbocycles. The van der Waals surface area contributed by atoms with E-state index in [9.17, 15) is 9.59 Å². The molecule has 2 amide bonds. The minimum atomic E-state index is -0.261. The Bertz CT molecular complexity index is 1210. The molecule has 3 aliphatic rings. The van der Waals surface area contributed by atoms with Gasteiger partial charge in [-0.2, -0.15) is 0 Å². The van der Waals surface area contributed by atoms with Crippen molar-refractivity contribution in [3.05, 3.63) is 35.4 Å². The van der Waals surface area contributed by atoms with Crippen molar-refractivity contribution in [3.8, 4) is 39.8 Å². The van der Waals surface area contributed by atoms with E-state index in [0.717, 1.165) is 22.3 Å². The number of aromatic nitrogens is 2. The Kier molecular flexibility index (Phi) is 6.04. The van der Waals surface area contributed by atoms with Gasteiger partial charge >= 0.3 is 0 Å². The molecule has 172 valence electrons. The van der Waals surface area contributed by atoms with Crippen LogP contribution in [0.15, 0.2) is 24.3 Å². The van der Waals surface area contributed by atoms with Crippen LogP contribution in [-0.2, 0) is 16.0 Å². The maximum atomic E-state index is 12.0. The second kappa shape index (κ2) is 8.93. The van der Waals surface area contributed by atoms with Crippen molar-refractivity contribution in [1.82, 2.24) is 15.3 Å². The van der Waals surface area contributed by atoms with Crippen molar-refractivity contribution >= 4 is 17.8 Å². The number of carbonyl (C=O) groups is 2. The highest BCUT2D eigenvalue weighted by molar-refractivity contribution is 5.88. The molecule has 1 aromatic carbocycles. The Labute approximate surface area is 191 Å². The van der Waals surface area contributed by atoms with Gasteiger partial charge in [0.1, 0.15) is 0 Å². The molecule has 1 heterocycles. The number of hydrogen-bond acceptors (Lipinski definition) is 7. The van der Waals surface area contributed by atoms with Crippen LogP contribution in [0, 0.1) is 0 Å². The molecule has 9 nitrogen and oxygen atoms in total. The lowest BCUT2D eigenvalue weighted by Gasteiger charge is -2.19. The number of nitrogens with one attached hydrogen (secondary N) is 2. The van der Waals surface area contributed by atoms with Crippen LogP contribution in [-0.4, -0.2) is 43.1 Å². The van der Waals surface area contributed by atoms with Gasteiger partial charge in [-0.15, -0.1) is 0 Å². The predicted octanol–water partition coefficient (Wildman–Crippen LogP) is 3.36. The molecule has 1 aliphatic heterocycles. The number of benzene rings is 1. The van der Waals surface area contributed by atoms with Crippen LogP contribution in [0.1, 0.15) is 37.4 Å². The highest BCUT2D eigenvalue weighted by Gasteiger charge is 2.30. The normalized spacial score (nSPS) is 14.5. The molecule has 0 fully saturated rings. The minimum Gasteiger partial charge on any atom is -0.493 e. The lowest BCUT2D eigenvalue weighted by Crippen LogP contribution is -2.26. The van der Waals surface area contributed by atoms with Gasteiger partial charge < -0.3 is 19.5 Å². The molecule has 0 saturated heterocycles. The van der Waals surface area contributed by atoms with E-state index in [1.165, 1.54) is 13.8 Å². The van der Waals surface area contributed by atoms with Crippen molar-refractivity contribution in [2.45, 2.75) is 32.7 Å². The van der Waals surface area contributed by atoms with Gasteiger partial charge in [0.15, 0.2) is 11.5 Å². The smallest absolute Gasteiger partial charge is 0.230 e. The topological polar surface area (TPSA) is 112 Å². The fraction of sp³-hybridized carbons (Fsp3) is 0.333. The number of anilines is 1. The largest absolute Gasteiger partial charge is 0.493 e. The second-order valence-electron chi connectivity index (χ2n) is 7.82. The number of methoxy groups -OCH3 is 3. The monoisotopic (exact) mass is 450 g/mol. The predicted molar refractivity (Wildman–Crippen MR) is 123 cm³/mol. The lowest BCUT2D eigenvalue weighted by atomic mass is 9.95. The minimum absolute atomic E-state index is 0.130. The van der Waals surface area contributed by atoms with Gasteiger partial charge in [0.2, 0.25) is 23.5 Å². The summed E-state index contributed by atoms with van der Waals surface area (Å²) in [6.45, 7) is 2.91. The van der Waals surface area contributed by atoms with E-state index >= 15 is 0 Å². The first-order chi connectivity index (χ1) is 15.9. The molecule has 0 unspecified atom stereocenters. The van der Waals surface area contributed by atoms with Gasteiger partial charge in [0.05, 0.1) is 38.8 Å². The van der Waals surface area contributed by atoms with E-state index in [1.807, 2.05) is 24.3 Å². The number of hydrogen-bond donors (Lipinski definition) is 2. The molecule has 0 aromatic heterocycles. The number of carbonyl (C=O) groups excluding carboxylic acids is 2. The van der Waals surface area contributed by atoms with Crippen LogP contribution in [0.5, 0.6) is 17.2 Å². The SMILES string of the molecule is COc1cc2c(c(OC)c1OC)-c1ccc3nc(NC(C)=O)nc-3cc1[C@@H](NC(C)=O)CC2. The number of aryl methyl sites for hydroxylation is 1. The summed E-state index contributed by atoms with van der Waals surface area (Å²) in [4.78, 5) is 32.4. The third kappa shape index (κ3) is 4.13. The van der Waals surface area contributed by atoms with Gasteiger partial charge in [-0.25, -0.2) is 9.97 Å². The Morgan fingerprint density at radius 3 is 2.30 bits per heavy atom. The maximum Gasteiger partial charge on any atom is 0.230 e. The lowest BCUT2D eigenvalue weighted by molar-refractivity contribution is -0.119. The Morgan fingerprint density at radius 2 is 1.67 bits per heavy atom. The number of rotatable bonds is 5. The van der Waals surface area contributed by atoms with Gasteiger partial charge in [0, 0.05) is 19.4 Å². The zero-order valence-electron chi connectivity index (χ0n) is 19.2. The highest BCUT2D eigenvalue weighted by Crippen LogP contribution is 2.50. The quantitative estimate of drug-likeness (QED) is 0.613. The summed E-state index contributed by atoms with van der Waals surface area (Å²) < 4.78 is 17.0. The first-order valence-corrected chi connectivity index (χ1v) is 10.5. The molecule has 2 N–H and O–H groups in total. The number of fused-ring (bicyclic) bond motifs is 4. The van der Waals surface area contributed by atoms with E-state index < -0.39 is 0 Å². The van der Waals surface area contributed by atoms with Crippen LogP contribution in [0.2, 0.25) is 0 Å². The Hall–Kier alpha value is -3.88. The third-order valence-electron chi connectivity index (χ3n) is 5.65. The summed E-state index contributed by atoms with van der Waals surface area (Å²) in [5, 5.41) is 5.69. The molecule has 4 rings (SSSR count). The number of nitrogens with zero attached hydrogens (tertiary/aromatic N) is 2.